The molecule has 18 heavy (non-hydrogen) atoms. The van der Waals surface area contributed by atoms with E-state index in [1.165, 1.54) is 0 Å². The van der Waals surface area contributed by atoms with Gasteiger partial charge in [0.25, 0.3) is 0 Å². The van der Waals surface area contributed by atoms with E-state index < -0.39 is 0 Å². The van der Waals surface area contributed by atoms with Crippen molar-refractivity contribution >= 4 is 0 Å². The summed E-state index contributed by atoms with van der Waals surface area (Å²) in [6.07, 6.45) is 0. The highest BCUT2D eigenvalue weighted by atomic mass is 19.1. The molecule has 3 heteroatoms. The lowest BCUT2D eigenvalue weighted by molar-refractivity contribution is 0.597. The van der Waals surface area contributed by atoms with Crippen LogP contribution in [0.3, 0.4) is 0 Å². The molecule has 0 aliphatic rings. The Hall–Kier alpha value is -1.64. The second-order valence-electron chi connectivity index (χ2n) is 4.91. The lowest BCUT2D eigenvalue weighted by Crippen LogP contribution is -2.03. The van der Waals surface area contributed by atoms with Crippen LogP contribution in [0.4, 0.5) is 4.39 Å². The highest BCUT2D eigenvalue weighted by Gasteiger charge is 2.14. The Balaban J connectivity index is 2.51. The second kappa shape index (κ2) is 4.92. The van der Waals surface area contributed by atoms with Crippen molar-refractivity contribution in [2.24, 2.45) is 0 Å². The molecule has 2 nitrogen and oxygen atoms in total. The minimum Gasteiger partial charge on any atom is -0.269 e. The van der Waals surface area contributed by atoms with Crippen LogP contribution >= 0.6 is 0 Å². The van der Waals surface area contributed by atoms with Crippen molar-refractivity contribution in [2.45, 2.75) is 40.2 Å². The molecule has 0 unspecified atom stereocenters. The van der Waals surface area contributed by atoms with Gasteiger partial charge in [0, 0.05) is 17.8 Å². The molecule has 0 bridgehead atoms. The first-order chi connectivity index (χ1) is 8.52. The zero-order chi connectivity index (χ0) is 13.3. The van der Waals surface area contributed by atoms with Crippen LogP contribution in [0, 0.1) is 12.7 Å². The number of hydrogen-bond acceptors (Lipinski definition) is 1. The molecule has 0 saturated heterocycles. The van der Waals surface area contributed by atoms with E-state index in [1.54, 1.807) is 12.1 Å². The van der Waals surface area contributed by atoms with Crippen LogP contribution in [0.5, 0.6) is 0 Å². The molecule has 2 rings (SSSR count). The maximum Gasteiger partial charge on any atom is 0.132 e. The second-order valence-corrected chi connectivity index (χ2v) is 4.91. The molecule has 0 radical (unpaired) electrons. The number of aromatic nitrogens is 2. The van der Waals surface area contributed by atoms with Crippen LogP contribution in [0.15, 0.2) is 24.3 Å². The fourth-order valence-corrected chi connectivity index (χ4v) is 2.11. The third-order valence-corrected chi connectivity index (χ3v) is 3.10. The molecule has 0 amide bonds. The lowest BCUT2D eigenvalue weighted by atomic mass is 10.1. The van der Waals surface area contributed by atoms with Crippen molar-refractivity contribution in [1.29, 1.82) is 0 Å². The van der Waals surface area contributed by atoms with Crippen molar-refractivity contribution in [3.8, 4) is 11.3 Å². The first-order valence-corrected chi connectivity index (χ1v) is 6.37. The summed E-state index contributed by atoms with van der Waals surface area (Å²) in [4.78, 5) is 0. The number of benzene rings is 1. The topological polar surface area (TPSA) is 17.8 Å². The Morgan fingerprint density at radius 2 is 2.00 bits per heavy atom. The van der Waals surface area contributed by atoms with Gasteiger partial charge in [-0.1, -0.05) is 19.9 Å². The molecular formula is C15H19FN2. The van der Waals surface area contributed by atoms with E-state index in [-0.39, 0.29) is 5.82 Å². The van der Waals surface area contributed by atoms with Gasteiger partial charge >= 0.3 is 0 Å². The van der Waals surface area contributed by atoms with Gasteiger partial charge in [-0.05, 0) is 43.5 Å². The minimum absolute atomic E-state index is 0.203. The van der Waals surface area contributed by atoms with Crippen molar-refractivity contribution in [2.75, 3.05) is 0 Å². The van der Waals surface area contributed by atoms with Gasteiger partial charge in [-0.3, -0.25) is 4.68 Å². The van der Waals surface area contributed by atoms with Crippen LogP contribution in [0.25, 0.3) is 11.3 Å². The molecule has 1 aromatic heterocycles. The van der Waals surface area contributed by atoms with E-state index in [2.05, 4.69) is 18.9 Å². The van der Waals surface area contributed by atoms with Gasteiger partial charge in [-0.2, -0.15) is 5.10 Å². The average molecular weight is 246 g/mol. The normalized spacial score (nSPS) is 11.2. The van der Waals surface area contributed by atoms with Crippen LogP contribution in [-0.2, 0) is 6.54 Å². The van der Waals surface area contributed by atoms with Gasteiger partial charge < -0.3 is 0 Å². The molecule has 0 spiro atoms. The third kappa shape index (κ3) is 2.30. The molecule has 2 aromatic rings. The lowest BCUT2D eigenvalue weighted by Gasteiger charge is -2.06. The Morgan fingerprint density at radius 3 is 2.50 bits per heavy atom. The summed E-state index contributed by atoms with van der Waals surface area (Å²) in [5.74, 6) is 0.186. The fourth-order valence-electron chi connectivity index (χ4n) is 2.11. The Kier molecular flexibility index (Phi) is 3.50. The Labute approximate surface area is 107 Å². The van der Waals surface area contributed by atoms with E-state index in [1.807, 2.05) is 30.7 Å². The molecule has 1 heterocycles. The van der Waals surface area contributed by atoms with Gasteiger partial charge in [0.1, 0.15) is 5.82 Å². The quantitative estimate of drug-likeness (QED) is 0.795. The number of halogens is 1. The summed E-state index contributed by atoms with van der Waals surface area (Å²) in [6, 6.07) is 7.26. The smallest absolute Gasteiger partial charge is 0.132 e. The largest absolute Gasteiger partial charge is 0.269 e. The average Bonchev–Trinajstić information content (AvgIpc) is 2.73. The molecule has 1 aromatic carbocycles. The van der Waals surface area contributed by atoms with Gasteiger partial charge in [-0.25, -0.2) is 4.39 Å². The maximum absolute atomic E-state index is 13.9. The monoisotopic (exact) mass is 246 g/mol. The minimum atomic E-state index is -0.203. The summed E-state index contributed by atoms with van der Waals surface area (Å²) in [6.45, 7) is 8.99. The fraction of sp³-hybridized carbons (Fsp3) is 0.400. The summed E-state index contributed by atoms with van der Waals surface area (Å²) in [7, 11) is 0. The third-order valence-electron chi connectivity index (χ3n) is 3.10. The van der Waals surface area contributed by atoms with Crippen LogP contribution in [0.2, 0.25) is 0 Å². The standard InChI is InChI=1S/C15H19FN2/c1-5-18-15(10(2)3)9-14(17-18)12-7-6-11(4)8-13(12)16/h6-10H,5H2,1-4H3. The molecule has 96 valence electrons. The van der Waals surface area contributed by atoms with E-state index in [4.69, 9.17) is 0 Å². The van der Waals surface area contributed by atoms with E-state index >= 15 is 0 Å². The predicted octanol–water partition coefficient (Wildman–Crippen LogP) is 4.14. The number of nitrogens with zero attached hydrogens (tertiary/aromatic N) is 2. The highest BCUT2D eigenvalue weighted by molar-refractivity contribution is 5.61. The summed E-state index contributed by atoms with van der Waals surface area (Å²) < 4.78 is 15.9. The molecule has 0 atom stereocenters. The number of aryl methyl sites for hydroxylation is 2. The molecule has 0 aliphatic heterocycles. The van der Waals surface area contributed by atoms with Crippen molar-refractivity contribution in [3.63, 3.8) is 0 Å². The maximum atomic E-state index is 13.9. The van der Waals surface area contributed by atoms with E-state index in [0.29, 0.717) is 11.5 Å². The molecule has 0 saturated carbocycles. The molecule has 0 N–H and O–H groups in total. The van der Waals surface area contributed by atoms with E-state index in [9.17, 15) is 4.39 Å². The van der Waals surface area contributed by atoms with Crippen molar-refractivity contribution in [3.05, 3.63) is 41.3 Å². The Morgan fingerprint density at radius 1 is 1.28 bits per heavy atom. The van der Waals surface area contributed by atoms with Gasteiger partial charge in [0.05, 0.1) is 5.69 Å². The predicted molar refractivity (Wildman–Crippen MR) is 72.1 cm³/mol. The van der Waals surface area contributed by atoms with Gasteiger partial charge in [-0.15, -0.1) is 0 Å². The zero-order valence-corrected chi connectivity index (χ0v) is 11.4. The van der Waals surface area contributed by atoms with Crippen LogP contribution in [-0.4, -0.2) is 9.78 Å². The summed E-state index contributed by atoms with van der Waals surface area (Å²) in [5, 5.41) is 4.49. The summed E-state index contributed by atoms with van der Waals surface area (Å²) in [5.41, 5.74) is 3.37. The van der Waals surface area contributed by atoms with Crippen molar-refractivity contribution < 1.29 is 4.39 Å². The van der Waals surface area contributed by atoms with Crippen LogP contribution < -0.4 is 0 Å². The van der Waals surface area contributed by atoms with Crippen LogP contribution in [0.1, 0.15) is 37.9 Å². The number of rotatable bonds is 3. The zero-order valence-electron chi connectivity index (χ0n) is 11.4. The first kappa shape index (κ1) is 12.8. The summed E-state index contributed by atoms with van der Waals surface area (Å²) >= 11 is 0. The van der Waals surface area contributed by atoms with Gasteiger partial charge in [0.15, 0.2) is 0 Å². The van der Waals surface area contributed by atoms with Crippen molar-refractivity contribution in [1.82, 2.24) is 9.78 Å². The highest BCUT2D eigenvalue weighted by Crippen LogP contribution is 2.26. The Bertz CT molecular complexity index is 556. The SMILES string of the molecule is CCn1nc(-c2ccc(C)cc2F)cc1C(C)C. The number of hydrogen-bond donors (Lipinski definition) is 0. The molecular weight excluding hydrogens is 227 g/mol. The molecule has 0 fully saturated rings. The van der Waals surface area contributed by atoms with Gasteiger partial charge in [0.2, 0.25) is 0 Å². The molecule has 0 aliphatic carbocycles. The first-order valence-electron chi connectivity index (χ1n) is 6.37. The van der Waals surface area contributed by atoms with E-state index in [0.717, 1.165) is 23.5 Å².